The van der Waals surface area contributed by atoms with Gasteiger partial charge in [-0.2, -0.15) is 0 Å². The summed E-state index contributed by atoms with van der Waals surface area (Å²) in [6, 6.07) is 10.1. The SMILES string of the molecule is CCCNC(Cc1ccncc1Cl)c1ccccc1Cl. The van der Waals surface area contributed by atoms with Crippen molar-refractivity contribution >= 4 is 23.2 Å². The lowest BCUT2D eigenvalue weighted by atomic mass is 9.99. The zero-order valence-corrected chi connectivity index (χ0v) is 13.0. The van der Waals surface area contributed by atoms with Gasteiger partial charge in [-0.3, -0.25) is 4.98 Å². The van der Waals surface area contributed by atoms with Crippen molar-refractivity contribution in [3.8, 4) is 0 Å². The zero-order chi connectivity index (χ0) is 14.4. The van der Waals surface area contributed by atoms with E-state index in [9.17, 15) is 0 Å². The predicted molar refractivity (Wildman–Crippen MR) is 85.4 cm³/mol. The summed E-state index contributed by atoms with van der Waals surface area (Å²) in [4.78, 5) is 4.03. The van der Waals surface area contributed by atoms with E-state index in [2.05, 4.69) is 23.3 Å². The second-order valence-corrected chi connectivity index (χ2v) is 5.51. The molecule has 20 heavy (non-hydrogen) atoms. The summed E-state index contributed by atoms with van der Waals surface area (Å²) in [5.41, 5.74) is 2.19. The normalized spacial score (nSPS) is 12.3. The van der Waals surface area contributed by atoms with Gasteiger partial charge in [-0.1, -0.05) is 48.3 Å². The fourth-order valence-electron chi connectivity index (χ4n) is 2.16. The van der Waals surface area contributed by atoms with Crippen LogP contribution < -0.4 is 5.32 Å². The first-order chi connectivity index (χ1) is 9.72. The van der Waals surface area contributed by atoms with Crippen LogP contribution in [0.15, 0.2) is 42.7 Å². The number of hydrogen-bond acceptors (Lipinski definition) is 2. The molecule has 0 fully saturated rings. The Bertz CT molecular complexity index is 558. The van der Waals surface area contributed by atoms with E-state index in [0.29, 0.717) is 5.02 Å². The van der Waals surface area contributed by atoms with Crippen molar-refractivity contribution in [3.63, 3.8) is 0 Å². The van der Waals surface area contributed by atoms with Gasteiger partial charge in [0, 0.05) is 23.5 Å². The van der Waals surface area contributed by atoms with E-state index in [1.165, 1.54) is 0 Å². The van der Waals surface area contributed by atoms with E-state index in [-0.39, 0.29) is 6.04 Å². The molecule has 0 aliphatic heterocycles. The summed E-state index contributed by atoms with van der Waals surface area (Å²) in [6.45, 7) is 3.09. The molecule has 1 atom stereocenters. The van der Waals surface area contributed by atoms with Gasteiger partial charge in [0.1, 0.15) is 0 Å². The van der Waals surface area contributed by atoms with Crippen LogP contribution in [-0.2, 0) is 6.42 Å². The molecule has 0 bridgehead atoms. The molecule has 1 aromatic heterocycles. The van der Waals surface area contributed by atoms with Crippen molar-refractivity contribution in [2.75, 3.05) is 6.54 Å². The monoisotopic (exact) mass is 308 g/mol. The molecule has 0 aliphatic rings. The van der Waals surface area contributed by atoms with Crippen molar-refractivity contribution in [3.05, 3.63) is 63.9 Å². The quantitative estimate of drug-likeness (QED) is 0.838. The fourth-order valence-corrected chi connectivity index (χ4v) is 2.62. The average molecular weight is 309 g/mol. The first-order valence-electron chi connectivity index (χ1n) is 6.78. The van der Waals surface area contributed by atoms with Crippen LogP contribution in [0.4, 0.5) is 0 Å². The van der Waals surface area contributed by atoms with E-state index in [1.54, 1.807) is 12.4 Å². The molecule has 4 heteroatoms. The first kappa shape index (κ1) is 15.3. The molecule has 1 aromatic carbocycles. The number of pyridine rings is 1. The van der Waals surface area contributed by atoms with Crippen molar-refractivity contribution in [1.82, 2.24) is 10.3 Å². The van der Waals surface area contributed by atoms with E-state index in [0.717, 1.165) is 35.5 Å². The molecule has 1 heterocycles. The molecule has 1 N–H and O–H groups in total. The Hall–Kier alpha value is -1.09. The summed E-state index contributed by atoms with van der Waals surface area (Å²) in [5.74, 6) is 0. The standard InChI is InChI=1S/C16H18Cl2N2/c1-2-8-20-16(13-5-3-4-6-14(13)17)10-12-7-9-19-11-15(12)18/h3-7,9,11,16,20H,2,8,10H2,1H3. The molecule has 106 valence electrons. The van der Waals surface area contributed by atoms with Crippen LogP contribution in [0.1, 0.15) is 30.5 Å². The molecule has 2 rings (SSSR count). The molecule has 1 unspecified atom stereocenters. The Morgan fingerprint density at radius 1 is 1.15 bits per heavy atom. The van der Waals surface area contributed by atoms with Gasteiger partial charge in [0.25, 0.3) is 0 Å². The Kier molecular flexibility index (Phi) is 5.84. The number of rotatable bonds is 6. The Labute approximate surface area is 130 Å². The topological polar surface area (TPSA) is 24.9 Å². The minimum atomic E-state index is 0.156. The highest BCUT2D eigenvalue weighted by Crippen LogP contribution is 2.27. The van der Waals surface area contributed by atoms with E-state index in [4.69, 9.17) is 23.2 Å². The summed E-state index contributed by atoms with van der Waals surface area (Å²) in [6.07, 6.45) is 5.32. The number of halogens is 2. The molecule has 2 aromatic rings. The van der Waals surface area contributed by atoms with Crippen molar-refractivity contribution < 1.29 is 0 Å². The number of nitrogens with one attached hydrogen (secondary N) is 1. The van der Waals surface area contributed by atoms with Gasteiger partial charge in [0.05, 0.1) is 5.02 Å². The van der Waals surface area contributed by atoms with Gasteiger partial charge in [-0.05, 0) is 42.6 Å². The Morgan fingerprint density at radius 2 is 1.95 bits per heavy atom. The van der Waals surface area contributed by atoms with Crippen LogP contribution in [0.2, 0.25) is 10.0 Å². The lowest BCUT2D eigenvalue weighted by Crippen LogP contribution is -2.24. The maximum Gasteiger partial charge on any atom is 0.0622 e. The molecular weight excluding hydrogens is 291 g/mol. The van der Waals surface area contributed by atoms with E-state index >= 15 is 0 Å². The van der Waals surface area contributed by atoms with Crippen molar-refractivity contribution in [2.24, 2.45) is 0 Å². The third-order valence-corrected chi connectivity index (χ3v) is 3.89. The number of benzene rings is 1. The average Bonchev–Trinajstić information content (AvgIpc) is 2.46. The number of hydrogen-bond donors (Lipinski definition) is 1. The highest BCUT2D eigenvalue weighted by molar-refractivity contribution is 6.31. The smallest absolute Gasteiger partial charge is 0.0622 e. The van der Waals surface area contributed by atoms with Gasteiger partial charge in [-0.25, -0.2) is 0 Å². The first-order valence-corrected chi connectivity index (χ1v) is 7.54. The van der Waals surface area contributed by atoms with Crippen molar-refractivity contribution in [1.29, 1.82) is 0 Å². The third kappa shape index (κ3) is 3.95. The molecule has 0 radical (unpaired) electrons. The Balaban J connectivity index is 2.24. The van der Waals surface area contributed by atoms with E-state index in [1.807, 2.05) is 24.3 Å². The van der Waals surface area contributed by atoms with Gasteiger partial charge >= 0.3 is 0 Å². The van der Waals surface area contributed by atoms with Crippen LogP contribution in [0, 0.1) is 0 Å². The van der Waals surface area contributed by atoms with Gasteiger partial charge in [0.2, 0.25) is 0 Å². The van der Waals surface area contributed by atoms with E-state index < -0.39 is 0 Å². The maximum atomic E-state index is 6.32. The number of nitrogens with zero attached hydrogens (tertiary/aromatic N) is 1. The molecule has 0 spiro atoms. The highest BCUT2D eigenvalue weighted by atomic mass is 35.5. The summed E-state index contributed by atoms with van der Waals surface area (Å²) in [7, 11) is 0. The minimum absolute atomic E-state index is 0.156. The molecule has 0 aliphatic carbocycles. The highest BCUT2D eigenvalue weighted by Gasteiger charge is 2.15. The Morgan fingerprint density at radius 3 is 2.65 bits per heavy atom. The molecule has 2 nitrogen and oxygen atoms in total. The summed E-state index contributed by atoms with van der Waals surface area (Å²) in [5, 5.41) is 5.02. The molecule has 0 saturated carbocycles. The van der Waals surface area contributed by atoms with Gasteiger partial charge in [0.15, 0.2) is 0 Å². The van der Waals surface area contributed by atoms with Crippen LogP contribution >= 0.6 is 23.2 Å². The lowest BCUT2D eigenvalue weighted by Gasteiger charge is -2.20. The van der Waals surface area contributed by atoms with Crippen molar-refractivity contribution in [2.45, 2.75) is 25.8 Å². The van der Waals surface area contributed by atoms with Crippen LogP contribution in [-0.4, -0.2) is 11.5 Å². The lowest BCUT2D eigenvalue weighted by molar-refractivity contribution is 0.529. The predicted octanol–water partition coefficient (Wildman–Crippen LogP) is 4.67. The van der Waals surface area contributed by atoms with Gasteiger partial charge in [-0.15, -0.1) is 0 Å². The molecule has 0 saturated heterocycles. The second kappa shape index (κ2) is 7.63. The maximum absolute atomic E-state index is 6.32. The van der Waals surface area contributed by atoms with Crippen LogP contribution in [0.3, 0.4) is 0 Å². The largest absolute Gasteiger partial charge is 0.310 e. The zero-order valence-electron chi connectivity index (χ0n) is 11.4. The second-order valence-electron chi connectivity index (χ2n) is 4.70. The summed E-state index contributed by atoms with van der Waals surface area (Å²) < 4.78 is 0. The van der Waals surface area contributed by atoms with Gasteiger partial charge < -0.3 is 5.32 Å². The minimum Gasteiger partial charge on any atom is -0.310 e. The van der Waals surface area contributed by atoms with Crippen LogP contribution in [0.5, 0.6) is 0 Å². The third-order valence-electron chi connectivity index (χ3n) is 3.20. The fraction of sp³-hybridized carbons (Fsp3) is 0.312. The molecule has 0 amide bonds. The molecular formula is C16H18Cl2N2. The van der Waals surface area contributed by atoms with Crippen LogP contribution in [0.25, 0.3) is 0 Å². The number of aromatic nitrogens is 1. The summed E-state index contributed by atoms with van der Waals surface area (Å²) >= 11 is 12.5.